The molecular weight excluding hydrogens is 349 g/mol. The maximum absolute atomic E-state index is 13.8. The number of nitrogens with one attached hydrogen (secondary N) is 2. The summed E-state index contributed by atoms with van der Waals surface area (Å²) in [6.07, 6.45) is 2.70. The van der Waals surface area contributed by atoms with Gasteiger partial charge in [-0.15, -0.1) is 0 Å². The number of para-hydroxylation sites is 2. The van der Waals surface area contributed by atoms with Gasteiger partial charge in [-0.2, -0.15) is 5.10 Å². The molecule has 1 amide bonds. The van der Waals surface area contributed by atoms with E-state index in [4.69, 9.17) is 0 Å². The van der Waals surface area contributed by atoms with Crippen LogP contribution in [0, 0.1) is 12.7 Å². The van der Waals surface area contributed by atoms with Crippen LogP contribution in [0.3, 0.4) is 0 Å². The first-order chi connectivity index (χ1) is 13.0. The Morgan fingerprint density at radius 2 is 2.04 bits per heavy atom. The fraction of sp³-hybridized carbons (Fsp3) is 0.0526. The number of benzene rings is 2. The third-order valence-corrected chi connectivity index (χ3v) is 4.19. The summed E-state index contributed by atoms with van der Waals surface area (Å²) in [7, 11) is 0. The minimum atomic E-state index is -0.455. The summed E-state index contributed by atoms with van der Waals surface area (Å²) in [5.41, 5.74) is 1.71. The number of aromatic nitrogens is 4. The van der Waals surface area contributed by atoms with Crippen LogP contribution in [0.4, 0.5) is 10.1 Å². The van der Waals surface area contributed by atoms with Crippen molar-refractivity contribution in [3.63, 3.8) is 0 Å². The number of amides is 1. The highest BCUT2D eigenvalue weighted by Crippen LogP contribution is 2.23. The van der Waals surface area contributed by atoms with E-state index in [2.05, 4.69) is 20.4 Å². The summed E-state index contributed by atoms with van der Waals surface area (Å²) in [5.74, 6) is -0.902. The van der Waals surface area contributed by atoms with E-state index < -0.39 is 11.7 Å². The van der Waals surface area contributed by atoms with E-state index in [0.29, 0.717) is 28.0 Å². The van der Waals surface area contributed by atoms with Gasteiger partial charge in [0, 0.05) is 5.56 Å². The van der Waals surface area contributed by atoms with Gasteiger partial charge in [0.25, 0.3) is 11.5 Å². The molecule has 0 saturated carbocycles. The lowest BCUT2D eigenvalue weighted by Gasteiger charge is -2.12. The molecule has 4 rings (SSSR count). The van der Waals surface area contributed by atoms with E-state index in [1.54, 1.807) is 43.3 Å². The third kappa shape index (κ3) is 2.97. The molecule has 0 aliphatic carbocycles. The van der Waals surface area contributed by atoms with Crippen molar-refractivity contribution in [1.29, 1.82) is 0 Å². The van der Waals surface area contributed by atoms with Gasteiger partial charge in [0.15, 0.2) is 5.65 Å². The number of carbonyl (C=O) groups is 1. The molecule has 0 fully saturated rings. The normalized spacial score (nSPS) is 10.9. The number of aryl methyl sites for hydroxylation is 1. The van der Waals surface area contributed by atoms with Crippen LogP contribution in [0.25, 0.3) is 16.7 Å². The molecule has 8 heteroatoms. The second-order valence-electron chi connectivity index (χ2n) is 5.96. The summed E-state index contributed by atoms with van der Waals surface area (Å²) < 4.78 is 15.2. The molecule has 0 atom stereocenters. The zero-order valence-corrected chi connectivity index (χ0v) is 14.2. The number of H-pyrrole nitrogens is 1. The molecule has 0 saturated heterocycles. The highest BCUT2D eigenvalue weighted by Gasteiger charge is 2.15. The lowest BCUT2D eigenvalue weighted by Crippen LogP contribution is -2.15. The summed E-state index contributed by atoms with van der Waals surface area (Å²) in [6.45, 7) is 1.63. The van der Waals surface area contributed by atoms with Crippen LogP contribution in [0.1, 0.15) is 15.9 Å². The predicted octanol–water partition coefficient (Wildman–Crippen LogP) is 2.81. The van der Waals surface area contributed by atoms with E-state index in [1.165, 1.54) is 23.3 Å². The molecule has 7 nitrogen and oxygen atoms in total. The Kier molecular flexibility index (Phi) is 4.00. The Hall–Kier alpha value is -3.81. The van der Waals surface area contributed by atoms with Gasteiger partial charge in [-0.25, -0.2) is 14.1 Å². The molecule has 0 bridgehead atoms. The van der Waals surface area contributed by atoms with Gasteiger partial charge in [0.2, 0.25) is 0 Å². The minimum absolute atomic E-state index is 0.202. The number of hydrogen-bond donors (Lipinski definition) is 2. The van der Waals surface area contributed by atoms with E-state index in [-0.39, 0.29) is 11.1 Å². The fourth-order valence-electron chi connectivity index (χ4n) is 2.73. The number of anilines is 1. The van der Waals surface area contributed by atoms with Crippen LogP contribution in [-0.2, 0) is 0 Å². The number of aromatic amines is 1. The van der Waals surface area contributed by atoms with Crippen molar-refractivity contribution in [3.8, 4) is 5.69 Å². The zero-order valence-electron chi connectivity index (χ0n) is 14.2. The van der Waals surface area contributed by atoms with E-state index in [1.807, 2.05) is 0 Å². The maximum atomic E-state index is 13.8. The summed E-state index contributed by atoms with van der Waals surface area (Å²) in [6, 6.07) is 11.3. The first-order valence-electron chi connectivity index (χ1n) is 8.13. The quantitative estimate of drug-likeness (QED) is 0.585. The molecular formula is C19H14FN5O2. The van der Waals surface area contributed by atoms with Gasteiger partial charge in [-0.3, -0.25) is 9.59 Å². The molecule has 0 unspecified atom stereocenters. The molecule has 134 valence electrons. The first-order valence-corrected chi connectivity index (χ1v) is 8.13. The van der Waals surface area contributed by atoms with Crippen molar-refractivity contribution in [2.24, 2.45) is 0 Å². The predicted molar refractivity (Wildman–Crippen MR) is 98.6 cm³/mol. The molecule has 2 N–H and O–H groups in total. The zero-order chi connectivity index (χ0) is 19.0. The van der Waals surface area contributed by atoms with E-state index in [9.17, 15) is 14.0 Å². The highest BCUT2D eigenvalue weighted by atomic mass is 19.1. The lowest BCUT2D eigenvalue weighted by atomic mass is 10.1. The molecule has 27 heavy (non-hydrogen) atoms. The van der Waals surface area contributed by atoms with Crippen molar-refractivity contribution in [3.05, 3.63) is 82.3 Å². The van der Waals surface area contributed by atoms with Crippen molar-refractivity contribution in [2.45, 2.75) is 6.92 Å². The van der Waals surface area contributed by atoms with Gasteiger partial charge in [-0.05, 0) is 36.8 Å². The number of fused-ring (bicyclic) bond motifs is 1. The third-order valence-electron chi connectivity index (χ3n) is 4.19. The molecule has 4 aromatic rings. The van der Waals surface area contributed by atoms with Crippen molar-refractivity contribution < 1.29 is 9.18 Å². The van der Waals surface area contributed by atoms with E-state index >= 15 is 0 Å². The Morgan fingerprint density at radius 1 is 1.22 bits per heavy atom. The Labute approximate surface area is 152 Å². The lowest BCUT2D eigenvalue weighted by molar-refractivity contribution is 0.102. The Balaban J connectivity index is 1.75. The Morgan fingerprint density at radius 3 is 2.85 bits per heavy atom. The largest absolute Gasteiger partial charge is 0.320 e. The van der Waals surface area contributed by atoms with Crippen LogP contribution in [0.5, 0.6) is 0 Å². The summed E-state index contributed by atoms with van der Waals surface area (Å²) in [4.78, 5) is 31.1. The number of halogens is 1. The van der Waals surface area contributed by atoms with Gasteiger partial charge in [0.05, 0.1) is 23.9 Å². The monoisotopic (exact) mass is 363 g/mol. The standard InChI is InChI=1S/C19H14FN5O2/c1-11-6-7-12(8-14(11)20)18(26)24-15-4-2-3-5-16(15)25-17-13(9-23-25)19(27)22-10-21-17/h2-10H,1H3,(H,24,26)(H,21,22,27). The molecule has 0 aliphatic heterocycles. The summed E-state index contributed by atoms with van der Waals surface area (Å²) >= 11 is 0. The van der Waals surface area contributed by atoms with Gasteiger partial charge < -0.3 is 10.3 Å². The number of carbonyl (C=O) groups excluding carboxylic acids is 1. The topological polar surface area (TPSA) is 92.7 Å². The number of hydrogen-bond acceptors (Lipinski definition) is 4. The molecule has 2 aromatic heterocycles. The molecule has 2 heterocycles. The number of rotatable bonds is 3. The van der Waals surface area contributed by atoms with Crippen LogP contribution in [-0.4, -0.2) is 25.7 Å². The van der Waals surface area contributed by atoms with Crippen molar-refractivity contribution >= 4 is 22.6 Å². The molecule has 0 radical (unpaired) electrons. The summed E-state index contributed by atoms with van der Waals surface area (Å²) in [5, 5.41) is 7.31. The van der Waals surface area contributed by atoms with Crippen LogP contribution < -0.4 is 10.9 Å². The fourth-order valence-corrected chi connectivity index (χ4v) is 2.73. The second-order valence-corrected chi connectivity index (χ2v) is 5.96. The molecule has 0 aliphatic rings. The molecule has 2 aromatic carbocycles. The second kappa shape index (κ2) is 6.49. The average Bonchev–Trinajstić information content (AvgIpc) is 3.10. The van der Waals surface area contributed by atoms with Gasteiger partial charge in [-0.1, -0.05) is 18.2 Å². The highest BCUT2D eigenvalue weighted by molar-refractivity contribution is 6.05. The van der Waals surface area contributed by atoms with Crippen molar-refractivity contribution in [1.82, 2.24) is 19.7 Å². The van der Waals surface area contributed by atoms with Crippen LogP contribution in [0.15, 0.2) is 59.8 Å². The van der Waals surface area contributed by atoms with Gasteiger partial charge in [0.1, 0.15) is 11.2 Å². The van der Waals surface area contributed by atoms with Crippen LogP contribution >= 0.6 is 0 Å². The number of nitrogens with zero attached hydrogens (tertiary/aromatic N) is 3. The SMILES string of the molecule is Cc1ccc(C(=O)Nc2ccccc2-n2ncc3c(=O)[nH]cnc32)cc1F. The first kappa shape index (κ1) is 16.6. The van der Waals surface area contributed by atoms with Crippen molar-refractivity contribution in [2.75, 3.05) is 5.32 Å². The maximum Gasteiger partial charge on any atom is 0.261 e. The smallest absolute Gasteiger partial charge is 0.261 e. The van der Waals surface area contributed by atoms with Crippen LogP contribution in [0.2, 0.25) is 0 Å². The molecule has 0 spiro atoms. The minimum Gasteiger partial charge on any atom is -0.320 e. The van der Waals surface area contributed by atoms with E-state index in [0.717, 1.165) is 0 Å². The van der Waals surface area contributed by atoms with Gasteiger partial charge >= 0.3 is 0 Å². The Bertz CT molecular complexity index is 1230. The average molecular weight is 363 g/mol.